The van der Waals surface area contributed by atoms with E-state index in [1.807, 2.05) is 25.1 Å². The maximum Gasteiger partial charge on any atom is 0.337 e. The number of nitrogens with zero attached hydrogens (tertiary/aromatic N) is 2. The number of hydrazine groups is 1. The fourth-order valence-corrected chi connectivity index (χ4v) is 2.54. The minimum Gasteiger partial charge on any atom is -0.380 e. The van der Waals surface area contributed by atoms with E-state index in [1.165, 1.54) is 12.1 Å². The molecule has 1 unspecified atom stereocenters. The molecule has 0 aromatic heterocycles. The number of urea groups is 1. The Morgan fingerprint density at radius 2 is 2.04 bits per heavy atom. The molecule has 1 heterocycles. The molecular weight excluding hydrogens is 336 g/mol. The highest BCUT2D eigenvalue weighted by Gasteiger charge is 2.18. The van der Waals surface area contributed by atoms with Crippen molar-refractivity contribution < 1.29 is 9.72 Å². The number of rotatable bonds is 2. The molecule has 9 nitrogen and oxygen atoms in total. The zero-order valence-corrected chi connectivity index (χ0v) is 14.0. The third kappa shape index (κ3) is 4.26. The summed E-state index contributed by atoms with van der Waals surface area (Å²) in [4.78, 5) is 26.9. The first-order valence-corrected chi connectivity index (χ1v) is 8.02. The molecule has 0 aliphatic carbocycles. The molecule has 1 atom stereocenters. The molecule has 26 heavy (non-hydrogen) atoms. The van der Waals surface area contributed by atoms with Gasteiger partial charge in [-0.05, 0) is 25.1 Å². The van der Waals surface area contributed by atoms with Crippen molar-refractivity contribution in [2.75, 3.05) is 10.6 Å². The van der Waals surface area contributed by atoms with Crippen molar-refractivity contribution in [3.05, 3.63) is 58.6 Å². The van der Waals surface area contributed by atoms with E-state index < -0.39 is 11.0 Å². The minimum absolute atomic E-state index is 0.00424. The summed E-state index contributed by atoms with van der Waals surface area (Å²) in [6.07, 6.45) is 0.508. The Labute approximate surface area is 149 Å². The highest BCUT2D eigenvalue weighted by atomic mass is 16.6. The van der Waals surface area contributed by atoms with E-state index >= 15 is 0 Å². The fraction of sp³-hybridized carbons (Fsp3) is 0.176. The molecule has 134 valence electrons. The van der Waals surface area contributed by atoms with Crippen molar-refractivity contribution >= 4 is 34.6 Å². The Hall–Kier alpha value is -3.62. The Balaban J connectivity index is 1.69. The molecule has 9 heteroatoms. The Morgan fingerprint density at radius 1 is 1.27 bits per heavy atom. The van der Waals surface area contributed by atoms with Gasteiger partial charge in [0, 0.05) is 30.3 Å². The molecule has 2 aromatic carbocycles. The average Bonchev–Trinajstić information content (AvgIpc) is 2.77. The molecule has 0 bridgehead atoms. The number of anilines is 2. The van der Waals surface area contributed by atoms with Crippen LogP contribution in [0.4, 0.5) is 27.5 Å². The number of amidine groups is 1. The smallest absolute Gasteiger partial charge is 0.337 e. The zero-order chi connectivity index (χ0) is 18.5. The van der Waals surface area contributed by atoms with E-state index in [9.17, 15) is 14.9 Å². The number of non-ortho nitro benzene ring substituents is 1. The number of fused-ring (bicyclic) bond motifs is 1. The van der Waals surface area contributed by atoms with Gasteiger partial charge in [0.25, 0.3) is 5.69 Å². The number of para-hydroxylation sites is 1. The van der Waals surface area contributed by atoms with Crippen LogP contribution < -0.4 is 21.5 Å². The van der Waals surface area contributed by atoms with Crippen LogP contribution in [-0.4, -0.2) is 22.8 Å². The lowest BCUT2D eigenvalue weighted by molar-refractivity contribution is -0.384. The second-order valence-corrected chi connectivity index (χ2v) is 5.84. The van der Waals surface area contributed by atoms with Crippen LogP contribution in [-0.2, 0) is 0 Å². The van der Waals surface area contributed by atoms with Crippen LogP contribution in [0.25, 0.3) is 0 Å². The van der Waals surface area contributed by atoms with Crippen LogP contribution in [0.3, 0.4) is 0 Å². The lowest BCUT2D eigenvalue weighted by atomic mass is 10.2. The lowest BCUT2D eigenvalue weighted by Crippen LogP contribution is -2.44. The largest absolute Gasteiger partial charge is 0.380 e. The third-order valence-electron chi connectivity index (χ3n) is 3.70. The summed E-state index contributed by atoms with van der Waals surface area (Å²) in [5.41, 5.74) is 7.16. The van der Waals surface area contributed by atoms with Crippen molar-refractivity contribution in [1.29, 1.82) is 0 Å². The Kier molecular flexibility index (Phi) is 4.97. The predicted molar refractivity (Wildman–Crippen MR) is 99.6 cm³/mol. The number of amides is 2. The minimum atomic E-state index is -0.449. The number of hydrogen-bond donors (Lipinski definition) is 4. The predicted octanol–water partition coefficient (Wildman–Crippen LogP) is 3.16. The monoisotopic (exact) mass is 354 g/mol. The SMILES string of the molecule is CC1CC(NNC(=O)Nc2ccccc2)=Nc2ccc([N+](=O)[O-])cc2N1. The van der Waals surface area contributed by atoms with Gasteiger partial charge in [0.2, 0.25) is 0 Å². The lowest BCUT2D eigenvalue weighted by Gasteiger charge is -2.14. The normalized spacial score (nSPS) is 15.6. The molecule has 0 saturated carbocycles. The van der Waals surface area contributed by atoms with Crippen LogP contribution >= 0.6 is 0 Å². The molecule has 0 fully saturated rings. The summed E-state index contributed by atoms with van der Waals surface area (Å²) in [7, 11) is 0. The third-order valence-corrected chi connectivity index (χ3v) is 3.70. The summed E-state index contributed by atoms with van der Waals surface area (Å²) in [6.45, 7) is 1.93. The van der Waals surface area contributed by atoms with Crippen molar-refractivity contribution in [3.8, 4) is 0 Å². The second kappa shape index (κ2) is 7.51. The van der Waals surface area contributed by atoms with Gasteiger partial charge in [-0.3, -0.25) is 21.0 Å². The molecule has 2 amide bonds. The van der Waals surface area contributed by atoms with Gasteiger partial charge in [-0.15, -0.1) is 0 Å². The Morgan fingerprint density at radius 3 is 2.77 bits per heavy atom. The van der Waals surface area contributed by atoms with Gasteiger partial charge in [0.05, 0.1) is 16.3 Å². The van der Waals surface area contributed by atoms with Crippen LogP contribution in [0, 0.1) is 10.1 Å². The quantitative estimate of drug-likeness (QED) is 0.488. The van der Waals surface area contributed by atoms with Gasteiger partial charge in [-0.25, -0.2) is 9.79 Å². The first-order valence-electron chi connectivity index (χ1n) is 8.02. The highest BCUT2D eigenvalue weighted by Crippen LogP contribution is 2.32. The number of carbonyl (C=O) groups is 1. The zero-order valence-electron chi connectivity index (χ0n) is 14.0. The molecule has 1 aliphatic heterocycles. The maximum absolute atomic E-state index is 12.0. The standard InChI is InChI=1S/C17H18N6O3/c1-11-9-16(21-22-17(24)19-12-5-3-2-4-6-12)20-14-8-7-13(23(25)26)10-15(14)18-11/h2-8,10-11,18H,9H2,1H3,(H,20,21)(H2,19,22,24). The molecule has 0 spiro atoms. The van der Waals surface area contributed by atoms with Crippen LogP contribution in [0.15, 0.2) is 53.5 Å². The van der Waals surface area contributed by atoms with E-state index in [0.717, 1.165) is 0 Å². The Bertz CT molecular complexity index is 853. The number of nitro groups is 1. The summed E-state index contributed by atoms with van der Waals surface area (Å²) >= 11 is 0. The van der Waals surface area contributed by atoms with E-state index in [0.29, 0.717) is 29.3 Å². The van der Waals surface area contributed by atoms with Crippen molar-refractivity contribution in [3.63, 3.8) is 0 Å². The van der Waals surface area contributed by atoms with Gasteiger partial charge in [0.1, 0.15) is 5.84 Å². The second-order valence-electron chi connectivity index (χ2n) is 5.84. The number of aliphatic imine (C=N–C) groups is 1. The van der Waals surface area contributed by atoms with Gasteiger partial charge in [-0.1, -0.05) is 18.2 Å². The van der Waals surface area contributed by atoms with E-state index in [-0.39, 0.29) is 11.7 Å². The van der Waals surface area contributed by atoms with Gasteiger partial charge in [0.15, 0.2) is 0 Å². The van der Waals surface area contributed by atoms with E-state index in [1.54, 1.807) is 18.2 Å². The van der Waals surface area contributed by atoms with Gasteiger partial charge >= 0.3 is 6.03 Å². The molecule has 3 rings (SSSR count). The fourth-order valence-electron chi connectivity index (χ4n) is 2.54. The van der Waals surface area contributed by atoms with Crippen LogP contribution in [0.5, 0.6) is 0 Å². The van der Waals surface area contributed by atoms with E-state index in [4.69, 9.17) is 0 Å². The van der Waals surface area contributed by atoms with E-state index in [2.05, 4.69) is 26.5 Å². The molecule has 0 radical (unpaired) electrons. The van der Waals surface area contributed by atoms with Gasteiger partial charge in [-0.2, -0.15) is 0 Å². The summed E-state index contributed by atoms with van der Waals surface area (Å²) in [6, 6.07) is 13.0. The van der Waals surface area contributed by atoms with Crippen molar-refractivity contribution in [2.24, 2.45) is 4.99 Å². The molecule has 2 aromatic rings. The molecule has 0 saturated heterocycles. The number of nitro benzene ring substituents is 1. The highest BCUT2D eigenvalue weighted by molar-refractivity contribution is 5.94. The van der Waals surface area contributed by atoms with Crippen molar-refractivity contribution in [1.82, 2.24) is 10.9 Å². The van der Waals surface area contributed by atoms with Crippen LogP contribution in [0.1, 0.15) is 13.3 Å². The topological polar surface area (TPSA) is 121 Å². The molecular formula is C17H18N6O3. The maximum atomic E-state index is 12.0. The van der Waals surface area contributed by atoms with Gasteiger partial charge < -0.3 is 10.6 Å². The number of hydrogen-bond acceptors (Lipinski definition) is 6. The average molecular weight is 354 g/mol. The summed E-state index contributed by atoms with van der Waals surface area (Å²) < 4.78 is 0. The first-order chi connectivity index (χ1) is 12.5. The molecule has 4 N–H and O–H groups in total. The van der Waals surface area contributed by atoms with Crippen molar-refractivity contribution in [2.45, 2.75) is 19.4 Å². The number of benzene rings is 2. The summed E-state index contributed by atoms with van der Waals surface area (Å²) in [5, 5.41) is 16.8. The first kappa shape index (κ1) is 17.2. The summed E-state index contributed by atoms with van der Waals surface area (Å²) in [5.74, 6) is 0.542. The molecule has 1 aliphatic rings. The van der Waals surface area contributed by atoms with Crippen LogP contribution in [0.2, 0.25) is 0 Å². The number of carbonyl (C=O) groups excluding carboxylic acids is 1. The number of nitrogens with one attached hydrogen (secondary N) is 4.